The van der Waals surface area contributed by atoms with Crippen LogP contribution in [0.25, 0.3) is 0 Å². The number of allylic oxidation sites excluding steroid dienone is 1. The molecule has 3 nitrogen and oxygen atoms in total. The van der Waals surface area contributed by atoms with Gasteiger partial charge in [0.1, 0.15) is 5.75 Å². The van der Waals surface area contributed by atoms with Crippen LogP contribution in [0.15, 0.2) is 23.8 Å². The Kier molecular flexibility index (Phi) is 4.30. The molecule has 3 heteroatoms. The Bertz CT molecular complexity index is 1020. The molecule has 0 amide bonds. The molecule has 1 aromatic rings. The summed E-state index contributed by atoms with van der Waals surface area (Å²) in [7, 11) is 1.88. The number of carboxylic acids is 1. The first-order valence-corrected chi connectivity index (χ1v) is 13.5. The number of carbonyl (C=O) groups is 1. The van der Waals surface area contributed by atoms with Crippen LogP contribution < -0.4 is 4.74 Å². The average Bonchev–Trinajstić information content (AvgIpc) is 3.15. The molecule has 1 aromatic carbocycles. The highest BCUT2D eigenvalue weighted by molar-refractivity contribution is 5.87. The van der Waals surface area contributed by atoms with E-state index < -0.39 is 5.97 Å². The third kappa shape index (κ3) is 2.89. The molecule has 0 unspecified atom stereocenters. The van der Waals surface area contributed by atoms with Crippen molar-refractivity contribution in [2.24, 2.45) is 35.0 Å². The number of fused-ring (bicyclic) bond motifs is 5. The number of rotatable bonds is 3. The Morgan fingerprint density at radius 3 is 2.39 bits per heavy atom. The van der Waals surface area contributed by atoms with E-state index in [1.165, 1.54) is 62.5 Å². The maximum absolute atomic E-state index is 11.8. The zero-order valence-electron chi connectivity index (χ0n) is 20.2. The number of hydrogen-bond donors (Lipinski definition) is 1. The van der Waals surface area contributed by atoms with Crippen molar-refractivity contribution in [1.82, 2.24) is 0 Å². The molecule has 0 radical (unpaired) electrons. The molecule has 7 aliphatic carbocycles. The van der Waals surface area contributed by atoms with Crippen molar-refractivity contribution in [1.29, 1.82) is 0 Å². The topological polar surface area (TPSA) is 46.5 Å². The maximum atomic E-state index is 11.8. The molecule has 0 aliphatic heterocycles. The second kappa shape index (κ2) is 6.89. The third-order valence-electron chi connectivity index (χ3n) is 11.3. The summed E-state index contributed by atoms with van der Waals surface area (Å²) in [4.78, 5) is 11.8. The van der Waals surface area contributed by atoms with E-state index in [0.29, 0.717) is 28.7 Å². The van der Waals surface area contributed by atoms with Gasteiger partial charge in [0, 0.05) is 11.1 Å². The first-order valence-electron chi connectivity index (χ1n) is 13.5. The fourth-order valence-corrected chi connectivity index (χ4v) is 10.4. The van der Waals surface area contributed by atoms with Gasteiger partial charge >= 0.3 is 5.97 Å². The average molecular weight is 447 g/mol. The molecule has 0 heterocycles. The normalized spacial score (nSPS) is 44.6. The third-order valence-corrected chi connectivity index (χ3v) is 11.3. The SMILES string of the molecule is COc1cc2c(cc1C13CC4CC(CC(C4)C1)C3)[C@H]1CC[C@]3(C)C=C(C(=O)O)C[C@H]3[C@@H]1CC2. The number of benzene rings is 1. The van der Waals surface area contributed by atoms with Crippen LogP contribution in [-0.2, 0) is 16.6 Å². The Balaban J connectivity index is 1.28. The van der Waals surface area contributed by atoms with Crippen LogP contribution in [0, 0.1) is 35.0 Å². The molecule has 8 rings (SSSR count). The first-order chi connectivity index (χ1) is 15.9. The molecule has 4 atom stereocenters. The largest absolute Gasteiger partial charge is 0.496 e. The van der Waals surface area contributed by atoms with Gasteiger partial charge in [-0.1, -0.05) is 19.1 Å². The van der Waals surface area contributed by atoms with E-state index in [0.717, 1.165) is 42.8 Å². The quantitative estimate of drug-likeness (QED) is 0.566. The van der Waals surface area contributed by atoms with Crippen LogP contribution in [-0.4, -0.2) is 18.2 Å². The van der Waals surface area contributed by atoms with Crippen molar-refractivity contribution in [3.63, 3.8) is 0 Å². The van der Waals surface area contributed by atoms with Gasteiger partial charge in [-0.25, -0.2) is 4.79 Å². The molecule has 4 bridgehead atoms. The van der Waals surface area contributed by atoms with Crippen LogP contribution >= 0.6 is 0 Å². The maximum Gasteiger partial charge on any atom is 0.331 e. The molecule has 0 spiro atoms. The van der Waals surface area contributed by atoms with Crippen molar-refractivity contribution >= 4 is 5.97 Å². The Labute approximate surface area is 198 Å². The van der Waals surface area contributed by atoms with E-state index in [1.54, 1.807) is 5.56 Å². The van der Waals surface area contributed by atoms with Crippen LogP contribution in [0.2, 0.25) is 0 Å². The Hall–Kier alpha value is -1.77. The first kappa shape index (κ1) is 20.6. The standard InChI is InChI=1S/C30H38O3/c1-29-6-5-22-23(25(29)10-21(16-29)28(31)32)4-3-20-11-27(33-2)26(12-24(20)22)30-13-17-7-18(14-30)9-19(8-17)15-30/h11-12,16-19,22-23,25H,3-10,13-15H2,1-2H3,(H,31,32)/t17?,18?,19?,22-,23+,25-,29+,30?/m0/s1. The van der Waals surface area contributed by atoms with E-state index in [-0.39, 0.29) is 5.41 Å². The van der Waals surface area contributed by atoms with Crippen molar-refractivity contribution in [2.75, 3.05) is 7.11 Å². The zero-order valence-corrected chi connectivity index (χ0v) is 20.2. The second-order valence-electron chi connectivity index (χ2n) is 13.1. The van der Waals surface area contributed by atoms with E-state index in [4.69, 9.17) is 4.74 Å². The van der Waals surface area contributed by atoms with E-state index in [1.807, 2.05) is 7.11 Å². The Morgan fingerprint density at radius 1 is 1.06 bits per heavy atom. The number of hydrogen-bond acceptors (Lipinski definition) is 2. The zero-order chi connectivity index (χ0) is 22.5. The predicted molar refractivity (Wildman–Crippen MR) is 129 cm³/mol. The van der Waals surface area contributed by atoms with Gasteiger partial charge in [0.15, 0.2) is 0 Å². The highest BCUT2D eigenvalue weighted by atomic mass is 16.5. The van der Waals surface area contributed by atoms with Crippen LogP contribution in [0.5, 0.6) is 5.75 Å². The van der Waals surface area contributed by atoms with Gasteiger partial charge in [-0.2, -0.15) is 0 Å². The van der Waals surface area contributed by atoms with Gasteiger partial charge in [0.25, 0.3) is 0 Å². The smallest absolute Gasteiger partial charge is 0.331 e. The van der Waals surface area contributed by atoms with Crippen molar-refractivity contribution in [3.05, 3.63) is 40.5 Å². The van der Waals surface area contributed by atoms with Gasteiger partial charge in [-0.15, -0.1) is 0 Å². The summed E-state index contributed by atoms with van der Waals surface area (Å²) in [5.41, 5.74) is 5.72. The van der Waals surface area contributed by atoms with E-state index in [9.17, 15) is 9.90 Å². The van der Waals surface area contributed by atoms with Crippen LogP contribution in [0.1, 0.15) is 93.7 Å². The number of aliphatic carboxylic acids is 1. The van der Waals surface area contributed by atoms with Crippen molar-refractivity contribution in [3.8, 4) is 5.75 Å². The lowest BCUT2D eigenvalue weighted by Crippen LogP contribution is -2.48. The van der Waals surface area contributed by atoms with Gasteiger partial charge in [0.2, 0.25) is 0 Å². The summed E-state index contributed by atoms with van der Waals surface area (Å²) in [6.07, 6.45) is 16.0. The number of aryl methyl sites for hydroxylation is 1. The summed E-state index contributed by atoms with van der Waals surface area (Å²) < 4.78 is 6.09. The van der Waals surface area contributed by atoms with Crippen LogP contribution in [0.3, 0.4) is 0 Å². The van der Waals surface area contributed by atoms with Crippen LogP contribution in [0.4, 0.5) is 0 Å². The lowest BCUT2D eigenvalue weighted by molar-refractivity contribution is -0.132. The highest BCUT2D eigenvalue weighted by Crippen LogP contribution is 2.64. The molecule has 0 aromatic heterocycles. The molecule has 0 saturated heterocycles. The molecular weight excluding hydrogens is 408 g/mol. The fraction of sp³-hybridized carbons (Fsp3) is 0.700. The highest BCUT2D eigenvalue weighted by Gasteiger charge is 2.54. The summed E-state index contributed by atoms with van der Waals surface area (Å²) in [5.74, 6) is 4.93. The summed E-state index contributed by atoms with van der Waals surface area (Å²) in [6.45, 7) is 2.33. The molecule has 5 saturated carbocycles. The van der Waals surface area contributed by atoms with E-state index in [2.05, 4.69) is 25.1 Å². The summed E-state index contributed by atoms with van der Waals surface area (Å²) in [6, 6.07) is 5.05. The molecule has 1 N–H and O–H groups in total. The number of ether oxygens (including phenoxy) is 1. The molecule has 5 fully saturated rings. The van der Waals surface area contributed by atoms with Gasteiger partial charge < -0.3 is 9.84 Å². The Morgan fingerprint density at radius 2 is 1.76 bits per heavy atom. The lowest BCUT2D eigenvalue weighted by Gasteiger charge is -2.57. The van der Waals surface area contributed by atoms with Gasteiger partial charge in [0.05, 0.1) is 7.11 Å². The predicted octanol–water partition coefficient (Wildman–Crippen LogP) is 6.64. The minimum Gasteiger partial charge on any atom is -0.496 e. The summed E-state index contributed by atoms with van der Waals surface area (Å²) in [5, 5.41) is 9.69. The minimum atomic E-state index is -0.702. The number of methoxy groups -OCH3 is 1. The number of carboxylic acid groups (broad SMARTS) is 1. The van der Waals surface area contributed by atoms with E-state index >= 15 is 0 Å². The minimum absolute atomic E-state index is 0.0711. The molecule has 33 heavy (non-hydrogen) atoms. The monoisotopic (exact) mass is 446 g/mol. The van der Waals surface area contributed by atoms with Gasteiger partial charge in [-0.05, 0) is 134 Å². The molecular formula is C30H38O3. The lowest BCUT2D eigenvalue weighted by atomic mass is 9.47. The fourth-order valence-electron chi connectivity index (χ4n) is 10.4. The molecule has 176 valence electrons. The van der Waals surface area contributed by atoms with Crippen molar-refractivity contribution in [2.45, 2.75) is 88.9 Å². The summed E-state index contributed by atoms with van der Waals surface area (Å²) >= 11 is 0. The van der Waals surface area contributed by atoms with Gasteiger partial charge in [-0.3, -0.25) is 0 Å². The molecule has 7 aliphatic rings. The van der Waals surface area contributed by atoms with Crippen molar-refractivity contribution < 1.29 is 14.6 Å². The second-order valence-corrected chi connectivity index (χ2v) is 13.1.